The molecule has 1 unspecified atom stereocenters. The molecule has 0 saturated carbocycles. The third-order valence-electron chi connectivity index (χ3n) is 5.97. The molecule has 0 fully saturated rings. The zero-order valence-corrected chi connectivity index (χ0v) is 17.8. The van der Waals surface area contributed by atoms with E-state index in [1.807, 2.05) is 55.5 Å². The minimum absolute atomic E-state index is 0.172. The van der Waals surface area contributed by atoms with Gasteiger partial charge in [-0.2, -0.15) is 5.10 Å². The number of hydrogen-bond donors (Lipinski definition) is 3. The summed E-state index contributed by atoms with van der Waals surface area (Å²) in [5.41, 5.74) is 5.21. The van der Waals surface area contributed by atoms with Crippen LogP contribution in [0.4, 0.5) is 0 Å². The van der Waals surface area contributed by atoms with E-state index in [1.165, 1.54) is 0 Å². The highest BCUT2D eigenvalue weighted by molar-refractivity contribution is 6.02. The number of nitrogens with one attached hydrogen (secondary N) is 3. The molecule has 3 heterocycles. The number of fused-ring (bicyclic) bond motifs is 3. The van der Waals surface area contributed by atoms with E-state index in [0.29, 0.717) is 5.52 Å². The zero-order valence-electron chi connectivity index (χ0n) is 17.8. The van der Waals surface area contributed by atoms with E-state index in [4.69, 9.17) is 0 Å². The first-order chi connectivity index (χ1) is 16.2. The van der Waals surface area contributed by atoms with E-state index < -0.39 is 0 Å². The molecule has 0 aliphatic heterocycles. The Morgan fingerprint density at radius 1 is 0.939 bits per heavy atom. The first-order valence-corrected chi connectivity index (χ1v) is 10.7. The minimum Gasteiger partial charge on any atom is -0.343 e. The number of benzene rings is 3. The Bertz CT molecular complexity index is 1630. The molecule has 0 aliphatic carbocycles. The number of amides is 1. The first kappa shape index (κ1) is 19.2. The SMILES string of the molecule is CC(NC(=O)c1nc2cc3c(-c4ccncc4)n[nH]c3cc2[nH]1)c1cccc2ccccc12. The average Bonchev–Trinajstić information content (AvgIpc) is 3.46. The molecular weight excluding hydrogens is 412 g/mol. The molecule has 0 spiro atoms. The Kier molecular flexibility index (Phi) is 4.40. The van der Waals surface area contributed by atoms with Crippen LogP contribution in [0.25, 0.3) is 44.0 Å². The van der Waals surface area contributed by atoms with Crippen molar-refractivity contribution in [2.75, 3.05) is 0 Å². The standard InChI is InChI=1S/C26H20N6O/c1-15(18-8-4-6-16-5-2-3-7-19(16)18)28-26(33)25-29-22-13-20-21(14-23(22)30-25)31-32-24(20)17-9-11-27-12-10-17/h2-15H,1H3,(H,28,33)(H,29,30)(H,31,32). The third-order valence-corrected chi connectivity index (χ3v) is 5.97. The number of carbonyl (C=O) groups excluding carboxylic acids is 1. The smallest absolute Gasteiger partial charge is 0.287 e. The van der Waals surface area contributed by atoms with E-state index in [-0.39, 0.29) is 17.8 Å². The molecule has 1 amide bonds. The van der Waals surface area contributed by atoms with Crippen molar-refractivity contribution in [1.82, 2.24) is 30.5 Å². The van der Waals surface area contributed by atoms with Crippen molar-refractivity contribution >= 4 is 38.6 Å². The van der Waals surface area contributed by atoms with Crippen LogP contribution in [0, 0.1) is 0 Å². The fraction of sp³-hybridized carbons (Fsp3) is 0.0769. The van der Waals surface area contributed by atoms with Crippen LogP contribution in [0.2, 0.25) is 0 Å². The third kappa shape index (κ3) is 3.30. The van der Waals surface area contributed by atoms with E-state index >= 15 is 0 Å². The van der Waals surface area contributed by atoms with Crippen molar-refractivity contribution in [3.63, 3.8) is 0 Å². The fourth-order valence-electron chi connectivity index (χ4n) is 4.33. The van der Waals surface area contributed by atoms with E-state index in [0.717, 1.165) is 44.0 Å². The van der Waals surface area contributed by atoms with Gasteiger partial charge in [0.05, 0.1) is 22.6 Å². The van der Waals surface area contributed by atoms with Crippen molar-refractivity contribution in [3.8, 4) is 11.3 Å². The number of hydrogen-bond acceptors (Lipinski definition) is 4. The van der Waals surface area contributed by atoms with Crippen LogP contribution < -0.4 is 5.32 Å². The Morgan fingerprint density at radius 2 is 1.76 bits per heavy atom. The molecule has 0 radical (unpaired) electrons. The maximum atomic E-state index is 13.0. The average molecular weight is 432 g/mol. The summed E-state index contributed by atoms with van der Waals surface area (Å²) in [5, 5.41) is 13.8. The second-order valence-corrected chi connectivity index (χ2v) is 8.07. The van der Waals surface area contributed by atoms with E-state index in [2.05, 4.69) is 48.7 Å². The van der Waals surface area contributed by atoms with Gasteiger partial charge < -0.3 is 10.3 Å². The van der Waals surface area contributed by atoms with Gasteiger partial charge in [-0.25, -0.2) is 4.98 Å². The predicted molar refractivity (Wildman–Crippen MR) is 129 cm³/mol. The highest BCUT2D eigenvalue weighted by Gasteiger charge is 2.18. The van der Waals surface area contributed by atoms with Gasteiger partial charge in [0.1, 0.15) is 5.69 Å². The maximum absolute atomic E-state index is 13.0. The first-order valence-electron chi connectivity index (χ1n) is 10.7. The molecule has 0 aliphatic rings. The molecule has 33 heavy (non-hydrogen) atoms. The van der Waals surface area contributed by atoms with Gasteiger partial charge in [0.15, 0.2) is 5.82 Å². The molecule has 7 heteroatoms. The van der Waals surface area contributed by atoms with Crippen molar-refractivity contribution in [1.29, 1.82) is 0 Å². The van der Waals surface area contributed by atoms with Crippen LogP contribution >= 0.6 is 0 Å². The summed E-state index contributed by atoms with van der Waals surface area (Å²) in [5.74, 6) is 0.0333. The number of carbonyl (C=O) groups is 1. The van der Waals surface area contributed by atoms with Crippen LogP contribution in [0.3, 0.4) is 0 Å². The lowest BCUT2D eigenvalue weighted by Gasteiger charge is -2.16. The van der Waals surface area contributed by atoms with Crippen molar-refractivity contribution < 1.29 is 4.79 Å². The molecule has 6 rings (SSSR count). The predicted octanol–water partition coefficient (Wildman–Crippen LogP) is 5.15. The molecule has 160 valence electrons. The molecule has 0 bridgehead atoms. The molecule has 7 nitrogen and oxygen atoms in total. The van der Waals surface area contributed by atoms with Crippen LogP contribution in [-0.2, 0) is 0 Å². The lowest BCUT2D eigenvalue weighted by molar-refractivity contribution is 0.0931. The topological polar surface area (TPSA) is 99.3 Å². The van der Waals surface area contributed by atoms with Gasteiger partial charge in [0.25, 0.3) is 5.91 Å². The summed E-state index contributed by atoms with van der Waals surface area (Å²) in [6.07, 6.45) is 3.48. The molecule has 6 aromatic rings. The van der Waals surface area contributed by atoms with Gasteiger partial charge in [0.2, 0.25) is 0 Å². The largest absolute Gasteiger partial charge is 0.343 e. The summed E-state index contributed by atoms with van der Waals surface area (Å²) in [6, 6.07) is 21.8. The van der Waals surface area contributed by atoms with Crippen LogP contribution in [0.5, 0.6) is 0 Å². The van der Waals surface area contributed by atoms with E-state index in [1.54, 1.807) is 12.4 Å². The quantitative estimate of drug-likeness (QED) is 0.359. The highest BCUT2D eigenvalue weighted by Crippen LogP contribution is 2.29. The minimum atomic E-state index is -0.247. The number of aromatic amines is 2. The molecule has 0 saturated heterocycles. The van der Waals surface area contributed by atoms with Gasteiger partial charge in [0, 0.05) is 23.3 Å². The lowest BCUT2D eigenvalue weighted by Crippen LogP contribution is -2.27. The maximum Gasteiger partial charge on any atom is 0.287 e. The number of pyridine rings is 1. The van der Waals surface area contributed by atoms with Crippen molar-refractivity contribution in [2.24, 2.45) is 0 Å². The molecule has 1 atom stereocenters. The second-order valence-electron chi connectivity index (χ2n) is 8.07. The number of imidazole rings is 1. The van der Waals surface area contributed by atoms with Gasteiger partial charge in [-0.1, -0.05) is 42.5 Å². The molecule has 3 aromatic heterocycles. The van der Waals surface area contributed by atoms with Crippen molar-refractivity contribution in [2.45, 2.75) is 13.0 Å². The number of H-pyrrole nitrogens is 2. The lowest BCUT2D eigenvalue weighted by atomic mass is 10.00. The summed E-state index contributed by atoms with van der Waals surface area (Å²) < 4.78 is 0. The van der Waals surface area contributed by atoms with Gasteiger partial charge in [-0.05, 0) is 47.5 Å². The summed E-state index contributed by atoms with van der Waals surface area (Å²) in [4.78, 5) is 24.8. The van der Waals surface area contributed by atoms with Gasteiger partial charge in [-0.3, -0.25) is 14.9 Å². The molecule has 3 aromatic carbocycles. The number of aromatic nitrogens is 5. The van der Waals surface area contributed by atoms with Crippen LogP contribution in [0.15, 0.2) is 79.1 Å². The second kappa shape index (κ2) is 7.56. The Labute approximate surface area is 188 Å². The Morgan fingerprint density at radius 3 is 2.64 bits per heavy atom. The normalized spacial score (nSPS) is 12.4. The van der Waals surface area contributed by atoms with Crippen LogP contribution in [-0.4, -0.2) is 31.1 Å². The zero-order chi connectivity index (χ0) is 22.4. The number of nitrogens with zero attached hydrogens (tertiary/aromatic N) is 3. The van der Waals surface area contributed by atoms with Gasteiger partial charge >= 0.3 is 0 Å². The number of rotatable bonds is 4. The summed E-state index contributed by atoms with van der Waals surface area (Å²) in [7, 11) is 0. The highest BCUT2D eigenvalue weighted by atomic mass is 16.2. The monoisotopic (exact) mass is 432 g/mol. The van der Waals surface area contributed by atoms with Crippen LogP contribution in [0.1, 0.15) is 29.1 Å². The van der Waals surface area contributed by atoms with Gasteiger partial charge in [-0.15, -0.1) is 0 Å². The Balaban J connectivity index is 1.32. The summed E-state index contributed by atoms with van der Waals surface area (Å²) >= 11 is 0. The Hall–Kier alpha value is -4.52. The molecular formula is C26H20N6O. The fourth-order valence-corrected chi connectivity index (χ4v) is 4.33. The summed E-state index contributed by atoms with van der Waals surface area (Å²) in [6.45, 7) is 1.98. The van der Waals surface area contributed by atoms with Crippen molar-refractivity contribution in [3.05, 3.63) is 90.5 Å². The van der Waals surface area contributed by atoms with E-state index in [9.17, 15) is 4.79 Å². The molecule has 3 N–H and O–H groups in total.